The van der Waals surface area contributed by atoms with Crippen LogP contribution in [0.15, 0.2) is 33.1 Å². The van der Waals surface area contributed by atoms with E-state index >= 15 is 0 Å². The summed E-state index contributed by atoms with van der Waals surface area (Å²) in [7, 11) is -3.94. The van der Waals surface area contributed by atoms with Crippen LogP contribution in [0.5, 0.6) is 0 Å². The van der Waals surface area contributed by atoms with Gasteiger partial charge in [-0.2, -0.15) is 4.31 Å². The zero-order valence-corrected chi connectivity index (χ0v) is 14.1. The molecule has 2 aromatic rings. The molecule has 0 aliphatic carbocycles. The first kappa shape index (κ1) is 16.7. The second-order valence-corrected chi connectivity index (χ2v) is 7.81. The summed E-state index contributed by atoms with van der Waals surface area (Å²) < 4.78 is 32.3. The molecule has 2 heterocycles. The summed E-state index contributed by atoms with van der Waals surface area (Å²) in [5.74, 6) is -0.736. The number of carboxylic acid groups (broad SMARTS) is 1. The van der Waals surface area contributed by atoms with Crippen LogP contribution in [0, 0.1) is 6.92 Å². The number of nitrogens with zero attached hydrogens (tertiary/aromatic N) is 1. The minimum atomic E-state index is -3.94. The number of rotatable bonds is 6. The Morgan fingerprint density at radius 2 is 2.14 bits per heavy atom. The van der Waals surface area contributed by atoms with Gasteiger partial charge in [0.2, 0.25) is 10.0 Å². The lowest BCUT2D eigenvalue weighted by Crippen LogP contribution is -2.37. The van der Waals surface area contributed by atoms with E-state index < -0.39 is 16.0 Å². The summed E-state index contributed by atoms with van der Waals surface area (Å²) in [5, 5.41) is 10.8. The van der Waals surface area contributed by atoms with Gasteiger partial charge in [-0.05, 0) is 43.8 Å². The third kappa shape index (κ3) is 3.08. The van der Waals surface area contributed by atoms with Crippen molar-refractivity contribution in [2.45, 2.75) is 38.3 Å². The number of hydrogen-bond acceptors (Lipinski definition) is 5. The predicted molar refractivity (Wildman–Crippen MR) is 82.6 cm³/mol. The Hall–Kier alpha value is -1.64. The number of aromatic carboxylic acids is 1. The van der Waals surface area contributed by atoms with Crippen molar-refractivity contribution in [2.75, 3.05) is 0 Å². The number of carboxylic acids is 1. The smallest absolute Gasteiger partial charge is 0.347 e. The van der Waals surface area contributed by atoms with Gasteiger partial charge in [0.1, 0.15) is 15.5 Å². The van der Waals surface area contributed by atoms with Crippen LogP contribution in [0.1, 0.15) is 34.8 Å². The zero-order chi connectivity index (χ0) is 16.5. The summed E-state index contributed by atoms with van der Waals surface area (Å²) in [5.41, 5.74) is 0.437. The lowest BCUT2D eigenvalue weighted by Gasteiger charge is -2.25. The Bertz CT molecular complexity index is 759. The van der Waals surface area contributed by atoms with Crippen molar-refractivity contribution in [3.63, 3.8) is 0 Å². The highest BCUT2D eigenvalue weighted by Gasteiger charge is 2.34. The van der Waals surface area contributed by atoms with E-state index in [4.69, 9.17) is 4.42 Å². The highest BCUT2D eigenvalue weighted by molar-refractivity contribution is 7.89. The largest absolute Gasteiger partial charge is 0.477 e. The second-order valence-electron chi connectivity index (χ2n) is 5.11. The number of thiophene rings is 1. The van der Waals surface area contributed by atoms with Crippen LogP contribution < -0.4 is 0 Å². The van der Waals surface area contributed by atoms with Gasteiger partial charge in [-0.15, -0.1) is 11.3 Å². The molecule has 0 aliphatic heterocycles. The fourth-order valence-electron chi connectivity index (χ4n) is 2.12. The molecule has 0 radical (unpaired) electrons. The average Bonchev–Trinajstić information content (AvgIpc) is 3.04. The van der Waals surface area contributed by atoms with E-state index in [2.05, 4.69) is 0 Å². The van der Waals surface area contributed by atoms with Crippen LogP contribution >= 0.6 is 11.3 Å². The number of sulfonamides is 1. The molecule has 0 saturated heterocycles. The summed E-state index contributed by atoms with van der Waals surface area (Å²) in [6.45, 7) is 5.13. The van der Waals surface area contributed by atoms with Gasteiger partial charge >= 0.3 is 5.97 Å². The Morgan fingerprint density at radius 3 is 2.64 bits per heavy atom. The van der Waals surface area contributed by atoms with Crippen molar-refractivity contribution in [2.24, 2.45) is 0 Å². The summed E-state index contributed by atoms with van der Waals surface area (Å²) >= 11 is 0.919. The molecule has 2 rings (SSSR count). The van der Waals surface area contributed by atoms with Crippen molar-refractivity contribution in [1.82, 2.24) is 4.31 Å². The first-order valence-electron chi connectivity index (χ1n) is 6.60. The van der Waals surface area contributed by atoms with Crippen LogP contribution in [-0.2, 0) is 16.6 Å². The number of carbonyl (C=O) groups is 1. The quantitative estimate of drug-likeness (QED) is 0.871. The minimum Gasteiger partial charge on any atom is -0.477 e. The molecule has 22 heavy (non-hydrogen) atoms. The van der Waals surface area contributed by atoms with Crippen LogP contribution in [0.4, 0.5) is 0 Å². The minimum absolute atomic E-state index is 0.0569. The maximum Gasteiger partial charge on any atom is 0.347 e. The third-order valence-electron chi connectivity index (χ3n) is 3.15. The predicted octanol–water partition coefficient (Wildman–Crippen LogP) is 2.95. The molecule has 120 valence electrons. The molecule has 0 amide bonds. The van der Waals surface area contributed by atoms with Gasteiger partial charge in [-0.1, -0.05) is 0 Å². The Labute approximate surface area is 133 Å². The average molecular weight is 343 g/mol. The van der Waals surface area contributed by atoms with Crippen molar-refractivity contribution < 1.29 is 22.7 Å². The first-order valence-corrected chi connectivity index (χ1v) is 8.92. The van der Waals surface area contributed by atoms with Gasteiger partial charge in [-0.3, -0.25) is 0 Å². The molecule has 8 heteroatoms. The van der Waals surface area contributed by atoms with E-state index in [9.17, 15) is 18.3 Å². The van der Waals surface area contributed by atoms with Gasteiger partial charge in [0.25, 0.3) is 0 Å². The summed E-state index contributed by atoms with van der Waals surface area (Å²) in [4.78, 5) is 11.0. The van der Waals surface area contributed by atoms with Crippen LogP contribution in [0.25, 0.3) is 0 Å². The molecule has 1 N–H and O–H groups in total. The first-order chi connectivity index (χ1) is 10.2. The van der Waals surface area contributed by atoms with Gasteiger partial charge in [0, 0.05) is 6.04 Å². The normalized spacial score (nSPS) is 12.2. The van der Waals surface area contributed by atoms with Crippen molar-refractivity contribution in [1.29, 1.82) is 0 Å². The summed E-state index contributed by atoms with van der Waals surface area (Å²) in [6, 6.07) is 3.03. The molecule has 0 aliphatic rings. The Morgan fingerprint density at radius 1 is 1.45 bits per heavy atom. The molecule has 0 bridgehead atoms. The van der Waals surface area contributed by atoms with Gasteiger partial charge < -0.3 is 9.52 Å². The number of furan rings is 1. The molecule has 2 aromatic heterocycles. The van der Waals surface area contributed by atoms with Gasteiger partial charge in [0.05, 0.1) is 12.8 Å². The molecular weight excluding hydrogens is 326 g/mol. The van der Waals surface area contributed by atoms with Crippen LogP contribution in [-0.4, -0.2) is 29.8 Å². The van der Waals surface area contributed by atoms with Crippen molar-refractivity contribution in [3.8, 4) is 0 Å². The van der Waals surface area contributed by atoms with E-state index in [-0.39, 0.29) is 22.4 Å². The lowest BCUT2D eigenvalue weighted by molar-refractivity contribution is 0.0698. The topological polar surface area (TPSA) is 87.8 Å². The van der Waals surface area contributed by atoms with E-state index in [0.29, 0.717) is 11.3 Å². The lowest BCUT2D eigenvalue weighted by atomic mass is 10.3. The molecule has 0 spiro atoms. The number of aryl methyl sites for hydroxylation is 1. The van der Waals surface area contributed by atoms with Gasteiger partial charge in [0.15, 0.2) is 0 Å². The maximum atomic E-state index is 12.9. The molecule has 0 fully saturated rings. The molecule has 0 aromatic carbocycles. The summed E-state index contributed by atoms with van der Waals surface area (Å²) in [6.07, 6.45) is 1.47. The Balaban J connectivity index is 2.51. The highest BCUT2D eigenvalue weighted by atomic mass is 32.2. The third-order valence-corrected chi connectivity index (χ3v) is 6.57. The van der Waals surface area contributed by atoms with E-state index in [1.54, 1.807) is 38.3 Å². The zero-order valence-electron chi connectivity index (χ0n) is 12.4. The second kappa shape index (κ2) is 6.23. The molecule has 6 nitrogen and oxygen atoms in total. The fourth-order valence-corrected chi connectivity index (χ4v) is 5.31. The van der Waals surface area contributed by atoms with E-state index in [0.717, 1.165) is 11.3 Å². The van der Waals surface area contributed by atoms with Crippen LogP contribution in [0.2, 0.25) is 0 Å². The number of hydrogen-bond donors (Lipinski definition) is 1. The molecule has 0 saturated carbocycles. The van der Waals surface area contributed by atoms with E-state index in [1.165, 1.54) is 10.6 Å². The molecule has 0 atom stereocenters. The van der Waals surface area contributed by atoms with Gasteiger partial charge in [-0.25, -0.2) is 13.2 Å². The monoisotopic (exact) mass is 343 g/mol. The Kier molecular flexibility index (Phi) is 4.74. The molecule has 0 unspecified atom stereocenters. The highest BCUT2D eigenvalue weighted by Crippen LogP contribution is 2.31. The van der Waals surface area contributed by atoms with Crippen molar-refractivity contribution in [3.05, 3.63) is 40.0 Å². The van der Waals surface area contributed by atoms with Crippen LogP contribution in [0.3, 0.4) is 0 Å². The fraction of sp³-hybridized carbons (Fsp3) is 0.357. The molecular formula is C14H17NO5S2. The maximum absolute atomic E-state index is 12.9. The standard InChI is InChI=1S/C14H17NO5S2/c1-9(2)15(7-11-5-4-6-20-11)22(18,19)13-10(3)8-21-12(13)14(16)17/h4-6,8-9H,7H2,1-3H3,(H,16,17). The van der Waals surface area contributed by atoms with E-state index in [1.807, 2.05) is 0 Å². The SMILES string of the molecule is Cc1csc(C(=O)O)c1S(=O)(=O)N(Cc1ccco1)C(C)C. The van der Waals surface area contributed by atoms with Crippen molar-refractivity contribution >= 4 is 27.3 Å².